The van der Waals surface area contributed by atoms with Crippen molar-refractivity contribution >= 4 is 33.2 Å². The van der Waals surface area contributed by atoms with Crippen molar-refractivity contribution in [3.63, 3.8) is 0 Å². The summed E-state index contributed by atoms with van der Waals surface area (Å²) in [6, 6.07) is 9.30. The molecule has 3 rings (SSSR count). The van der Waals surface area contributed by atoms with Crippen LogP contribution in [0.25, 0.3) is 0 Å². The molecule has 1 aliphatic heterocycles. The molecule has 2 aromatic rings. The van der Waals surface area contributed by atoms with E-state index in [1.165, 1.54) is 17.0 Å². The van der Waals surface area contributed by atoms with E-state index >= 15 is 0 Å². The third kappa shape index (κ3) is 3.57. The minimum atomic E-state index is -3.83. The molecule has 0 saturated carbocycles. The van der Waals surface area contributed by atoms with Crippen molar-refractivity contribution in [3.8, 4) is 5.75 Å². The fraction of sp³-hybridized carbons (Fsp3) is 0.235. The average molecular weight is 381 g/mol. The van der Waals surface area contributed by atoms with E-state index in [9.17, 15) is 13.2 Å². The zero-order valence-electron chi connectivity index (χ0n) is 13.7. The summed E-state index contributed by atoms with van der Waals surface area (Å²) in [7, 11) is -2.16. The Balaban J connectivity index is 1.97. The van der Waals surface area contributed by atoms with Gasteiger partial charge in [-0.2, -0.15) is 0 Å². The lowest BCUT2D eigenvalue weighted by Crippen LogP contribution is -2.27. The number of carbonyl (C=O) groups excluding carboxylic acids is 1. The van der Waals surface area contributed by atoms with Gasteiger partial charge in [-0.25, -0.2) is 8.42 Å². The molecule has 0 unspecified atom stereocenters. The number of nitrogens with zero attached hydrogens (tertiary/aromatic N) is 1. The Kier molecular flexibility index (Phi) is 4.62. The van der Waals surface area contributed by atoms with Crippen LogP contribution in [0, 0.1) is 6.92 Å². The molecule has 1 amide bonds. The molecule has 0 fully saturated rings. The fourth-order valence-electron chi connectivity index (χ4n) is 2.56. The molecule has 132 valence electrons. The summed E-state index contributed by atoms with van der Waals surface area (Å²) in [5, 5.41) is 0.332. The van der Waals surface area contributed by atoms with Gasteiger partial charge < -0.3 is 9.64 Å². The molecular formula is C17H17ClN2O4S. The standard InChI is InChI=1S/C17H17ClN2O4S/c1-11-3-4-12(18)9-16(11)25(22,23)19-13-5-6-15-14(10-13)17(21)20(2)7-8-24-15/h3-6,9-10,19H,7-8H2,1-2H3. The van der Waals surface area contributed by atoms with Crippen molar-refractivity contribution in [1.29, 1.82) is 0 Å². The van der Waals surface area contributed by atoms with Gasteiger partial charge in [-0.05, 0) is 42.8 Å². The second kappa shape index (κ2) is 6.57. The van der Waals surface area contributed by atoms with Crippen LogP contribution in [0.15, 0.2) is 41.3 Å². The topological polar surface area (TPSA) is 75.7 Å². The third-order valence-corrected chi connectivity index (χ3v) is 5.69. The first-order chi connectivity index (χ1) is 11.8. The Bertz CT molecular complexity index is 944. The largest absolute Gasteiger partial charge is 0.491 e. The number of fused-ring (bicyclic) bond motifs is 1. The molecule has 0 atom stereocenters. The molecule has 0 spiro atoms. The highest BCUT2D eigenvalue weighted by molar-refractivity contribution is 7.92. The SMILES string of the molecule is Cc1ccc(Cl)cc1S(=O)(=O)Nc1ccc2c(c1)C(=O)N(C)CCO2. The monoisotopic (exact) mass is 380 g/mol. The van der Waals surface area contributed by atoms with Crippen molar-refractivity contribution in [2.75, 3.05) is 24.9 Å². The van der Waals surface area contributed by atoms with Gasteiger partial charge in [0.25, 0.3) is 15.9 Å². The molecule has 1 heterocycles. The van der Waals surface area contributed by atoms with E-state index in [0.717, 1.165) is 0 Å². The fourth-order valence-corrected chi connectivity index (χ4v) is 4.12. The van der Waals surface area contributed by atoms with Crippen LogP contribution in [0.4, 0.5) is 5.69 Å². The van der Waals surface area contributed by atoms with Crippen LogP contribution in [-0.2, 0) is 10.0 Å². The summed E-state index contributed by atoms with van der Waals surface area (Å²) in [6.45, 7) is 2.55. The Labute approximate surface area is 151 Å². The minimum absolute atomic E-state index is 0.0923. The van der Waals surface area contributed by atoms with Crippen LogP contribution < -0.4 is 9.46 Å². The molecule has 1 aliphatic rings. The van der Waals surface area contributed by atoms with Crippen molar-refractivity contribution < 1.29 is 17.9 Å². The predicted octanol–water partition coefficient (Wildman–Crippen LogP) is 2.91. The molecule has 1 N–H and O–H groups in total. The number of rotatable bonds is 3. The van der Waals surface area contributed by atoms with Gasteiger partial charge >= 0.3 is 0 Å². The Hall–Kier alpha value is -2.25. The first-order valence-corrected chi connectivity index (χ1v) is 9.45. The maximum Gasteiger partial charge on any atom is 0.262 e. The first-order valence-electron chi connectivity index (χ1n) is 7.59. The zero-order valence-corrected chi connectivity index (χ0v) is 15.3. The van der Waals surface area contributed by atoms with Crippen LogP contribution in [0.5, 0.6) is 5.75 Å². The van der Waals surface area contributed by atoms with Crippen molar-refractivity contribution in [1.82, 2.24) is 4.90 Å². The van der Waals surface area contributed by atoms with Crippen LogP contribution >= 0.6 is 11.6 Å². The van der Waals surface area contributed by atoms with E-state index in [4.69, 9.17) is 16.3 Å². The van der Waals surface area contributed by atoms with Gasteiger partial charge in [0.05, 0.1) is 17.0 Å². The number of benzene rings is 2. The number of amides is 1. The molecule has 0 saturated heterocycles. The number of ether oxygens (including phenoxy) is 1. The summed E-state index contributed by atoms with van der Waals surface area (Å²) < 4.78 is 33.4. The van der Waals surface area contributed by atoms with Crippen LogP contribution in [0.3, 0.4) is 0 Å². The van der Waals surface area contributed by atoms with Crippen LogP contribution in [-0.4, -0.2) is 39.4 Å². The van der Waals surface area contributed by atoms with Gasteiger partial charge in [0.15, 0.2) is 0 Å². The highest BCUT2D eigenvalue weighted by Gasteiger charge is 2.23. The summed E-state index contributed by atoms with van der Waals surface area (Å²) in [6.07, 6.45) is 0. The number of nitrogens with one attached hydrogen (secondary N) is 1. The summed E-state index contributed by atoms with van der Waals surface area (Å²) >= 11 is 5.92. The number of hydrogen-bond donors (Lipinski definition) is 1. The van der Waals surface area contributed by atoms with E-state index in [1.807, 2.05) is 0 Å². The lowest BCUT2D eigenvalue weighted by molar-refractivity contribution is 0.0796. The predicted molar refractivity (Wildman–Crippen MR) is 95.9 cm³/mol. The van der Waals surface area contributed by atoms with Crippen molar-refractivity contribution in [2.45, 2.75) is 11.8 Å². The van der Waals surface area contributed by atoms with E-state index in [2.05, 4.69) is 4.72 Å². The summed E-state index contributed by atoms with van der Waals surface area (Å²) in [5.74, 6) is 0.226. The van der Waals surface area contributed by atoms with Crippen molar-refractivity contribution in [2.24, 2.45) is 0 Å². The lowest BCUT2D eigenvalue weighted by Gasteiger charge is -2.14. The quantitative estimate of drug-likeness (QED) is 0.888. The van der Waals surface area contributed by atoms with Gasteiger partial charge in [-0.1, -0.05) is 17.7 Å². The Morgan fingerprint density at radius 3 is 2.72 bits per heavy atom. The highest BCUT2D eigenvalue weighted by atomic mass is 35.5. The first kappa shape index (κ1) is 17.6. The van der Waals surface area contributed by atoms with Gasteiger partial charge in [0.2, 0.25) is 0 Å². The molecule has 8 heteroatoms. The molecule has 2 aromatic carbocycles. The van der Waals surface area contributed by atoms with Gasteiger partial charge in [0.1, 0.15) is 12.4 Å². The molecule has 25 heavy (non-hydrogen) atoms. The van der Waals surface area contributed by atoms with Gasteiger partial charge in [-0.3, -0.25) is 9.52 Å². The Morgan fingerprint density at radius 1 is 1.20 bits per heavy atom. The molecule has 0 radical (unpaired) electrons. The number of likely N-dealkylation sites (N-methyl/N-ethyl adjacent to an activating group) is 1. The lowest BCUT2D eigenvalue weighted by atomic mass is 10.1. The zero-order chi connectivity index (χ0) is 18.2. The summed E-state index contributed by atoms with van der Waals surface area (Å²) in [4.78, 5) is 14.0. The maximum atomic E-state index is 12.7. The number of carbonyl (C=O) groups is 1. The number of sulfonamides is 1. The molecule has 0 aromatic heterocycles. The second-order valence-corrected chi connectivity index (χ2v) is 7.89. The molecule has 6 nitrogen and oxygen atoms in total. The van der Waals surface area contributed by atoms with Crippen LogP contribution in [0.2, 0.25) is 5.02 Å². The molecule has 0 aliphatic carbocycles. The van der Waals surface area contributed by atoms with Crippen molar-refractivity contribution in [3.05, 3.63) is 52.5 Å². The Morgan fingerprint density at radius 2 is 1.96 bits per heavy atom. The van der Waals surface area contributed by atoms with E-state index in [0.29, 0.717) is 35.1 Å². The summed E-state index contributed by atoms with van der Waals surface area (Å²) in [5.41, 5.74) is 1.18. The number of halogens is 1. The van der Waals surface area contributed by atoms with Gasteiger partial charge in [0, 0.05) is 17.8 Å². The number of aryl methyl sites for hydroxylation is 1. The van der Waals surface area contributed by atoms with E-state index < -0.39 is 10.0 Å². The minimum Gasteiger partial charge on any atom is -0.491 e. The van der Waals surface area contributed by atoms with Crippen LogP contribution in [0.1, 0.15) is 15.9 Å². The molecular weight excluding hydrogens is 364 g/mol. The normalized spacial score (nSPS) is 14.5. The third-order valence-electron chi connectivity index (χ3n) is 3.93. The maximum absolute atomic E-state index is 12.7. The smallest absolute Gasteiger partial charge is 0.262 e. The molecule has 0 bridgehead atoms. The van der Waals surface area contributed by atoms with E-state index in [-0.39, 0.29) is 16.5 Å². The average Bonchev–Trinajstić information content (AvgIpc) is 2.69. The van der Waals surface area contributed by atoms with E-state index in [1.54, 1.807) is 38.2 Å². The van der Waals surface area contributed by atoms with Gasteiger partial charge in [-0.15, -0.1) is 0 Å². The number of hydrogen-bond acceptors (Lipinski definition) is 4. The highest BCUT2D eigenvalue weighted by Crippen LogP contribution is 2.28. The second-order valence-electron chi connectivity index (χ2n) is 5.80. The number of anilines is 1.